The van der Waals surface area contributed by atoms with E-state index in [4.69, 9.17) is 0 Å². The van der Waals surface area contributed by atoms with Gasteiger partial charge < -0.3 is 10.4 Å². The average Bonchev–Trinajstić information content (AvgIpc) is 3.07. The van der Waals surface area contributed by atoms with Crippen molar-refractivity contribution < 1.29 is 14.3 Å². The van der Waals surface area contributed by atoms with Crippen LogP contribution in [0.4, 0.5) is 10.1 Å². The molecule has 0 unspecified atom stereocenters. The molecule has 1 heterocycles. The Hall–Kier alpha value is -3.14. The summed E-state index contributed by atoms with van der Waals surface area (Å²) in [4.78, 5) is 11.8. The molecular weight excluding hydrogens is 341 g/mol. The van der Waals surface area contributed by atoms with Crippen molar-refractivity contribution in [2.75, 3.05) is 5.32 Å². The number of carboxylic acids is 1. The minimum absolute atomic E-state index is 0.0568. The van der Waals surface area contributed by atoms with Gasteiger partial charge in [-0.05, 0) is 41.2 Å². The van der Waals surface area contributed by atoms with Crippen LogP contribution in [0.3, 0.4) is 0 Å². The molecule has 3 atom stereocenters. The summed E-state index contributed by atoms with van der Waals surface area (Å²) in [5.41, 5.74) is 4.88. The van der Waals surface area contributed by atoms with Crippen LogP contribution in [0, 0.1) is 11.7 Å². The Kier molecular flexibility index (Phi) is 3.54. The molecule has 0 saturated carbocycles. The van der Waals surface area contributed by atoms with Gasteiger partial charge in [0, 0.05) is 11.5 Å². The first-order valence-corrected chi connectivity index (χ1v) is 9.10. The molecule has 0 spiro atoms. The Labute approximate surface area is 156 Å². The fourth-order valence-electron chi connectivity index (χ4n) is 4.80. The molecule has 1 aliphatic carbocycles. The van der Waals surface area contributed by atoms with Crippen molar-refractivity contribution in [2.24, 2.45) is 5.92 Å². The van der Waals surface area contributed by atoms with Gasteiger partial charge in [0.1, 0.15) is 5.82 Å². The predicted octanol–water partition coefficient (Wildman–Crippen LogP) is 4.99. The average molecular weight is 359 g/mol. The van der Waals surface area contributed by atoms with Crippen molar-refractivity contribution in [1.29, 1.82) is 0 Å². The Morgan fingerprint density at radius 2 is 1.63 bits per heavy atom. The van der Waals surface area contributed by atoms with Crippen LogP contribution in [0.1, 0.15) is 44.6 Å². The van der Waals surface area contributed by atoms with Crippen LogP contribution in [0.25, 0.3) is 0 Å². The molecule has 0 bridgehead atoms. The zero-order chi connectivity index (χ0) is 18.5. The van der Waals surface area contributed by atoms with Crippen LogP contribution in [0.15, 0.2) is 66.7 Å². The number of para-hydroxylation sites is 1. The van der Waals surface area contributed by atoms with E-state index in [0.717, 1.165) is 12.0 Å². The Morgan fingerprint density at radius 3 is 2.41 bits per heavy atom. The third kappa shape index (κ3) is 2.36. The summed E-state index contributed by atoms with van der Waals surface area (Å²) in [6, 6.07) is 20.2. The number of fused-ring (bicyclic) bond motifs is 5. The summed E-state index contributed by atoms with van der Waals surface area (Å²) in [6.07, 6.45) is 0.837. The smallest absolute Gasteiger partial charge is 0.337 e. The fraction of sp³-hybridized carbons (Fsp3) is 0.174. The highest BCUT2D eigenvalue weighted by molar-refractivity contribution is 5.96. The summed E-state index contributed by atoms with van der Waals surface area (Å²) in [5.74, 6) is -1.05. The molecule has 3 aromatic rings. The lowest BCUT2D eigenvalue weighted by Crippen LogP contribution is -2.32. The van der Waals surface area contributed by atoms with Gasteiger partial charge in [-0.1, -0.05) is 54.6 Å². The summed E-state index contributed by atoms with van der Waals surface area (Å²) in [5, 5.41) is 13.1. The molecule has 5 rings (SSSR count). The van der Waals surface area contributed by atoms with Crippen molar-refractivity contribution in [3.8, 4) is 0 Å². The number of rotatable bonds is 2. The van der Waals surface area contributed by atoms with Gasteiger partial charge in [-0.2, -0.15) is 0 Å². The lowest BCUT2D eigenvalue weighted by atomic mass is 9.75. The molecule has 2 N–H and O–H groups in total. The normalized spacial score (nSPS) is 22.3. The first kappa shape index (κ1) is 16.1. The van der Waals surface area contributed by atoms with Crippen LogP contribution < -0.4 is 5.32 Å². The highest BCUT2D eigenvalue weighted by atomic mass is 19.1. The maximum atomic E-state index is 14.6. The number of nitrogens with one attached hydrogen (secondary N) is 1. The van der Waals surface area contributed by atoms with Gasteiger partial charge in [0.05, 0.1) is 17.3 Å². The second-order valence-electron chi connectivity index (χ2n) is 7.26. The van der Waals surface area contributed by atoms with E-state index in [2.05, 4.69) is 17.4 Å². The molecule has 0 amide bonds. The largest absolute Gasteiger partial charge is 0.478 e. The van der Waals surface area contributed by atoms with Crippen LogP contribution in [-0.2, 0) is 6.42 Å². The van der Waals surface area contributed by atoms with Crippen LogP contribution >= 0.6 is 0 Å². The van der Waals surface area contributed by atoms with E-state index in [1.54, 1.807) is 24.3 Å². The monoisotopic (exact) mass is 359 g/mol. The maximum Gasteiger partial charge on any atom is 0.337 e. The maximum absolute atomic E-state index is 14.6. The quantitative estimate of drug-likeness (QED) is 0.677. The third-order valence-corrected chi connectivity index (χ3v) is 5.90. The number of hydrogen-bond donors (Lipinski definition) is 2. The molecule has 0 saturated heterocycles. The number of carbonyl (C=O) groups is 1. The van der Waals surface area contributed by atoms with Gasteiger partial charge >= 0.3 is 5.97 Å². The lowest BCUT2D eigenvalue weighted by molar-refractivity contribution is 0.0697. The molecule has 0 radical (unpaired) electrons. The highest BCUT2D eigenvalue weighted by Crippen LogP contribution is 2.54. The van der Waals surface area contributed by atoms with Crippen molar-refractivity contribution in [3.63, 3.8) is 0 Å². The molecule has 2 aliphatic rings. The summed E-state index contributed by atoms with van der Waals surface area (Å²) >= 11 is 0. The topological polar surface area (TPSA) is 49.3 Å². The Balaban J connectivity index is 1.75. The van der Waals surface area contributed by atoms with Gasteiger partial charge in [0.15, 0.2) is 0 Å². The minimum Gasteiger partial charge on any atom is -0.478 e. The van der Waals surface area contributed by atoms with Crippen molar-refractivity contribution >= 4 is 11.7 Å². The number of carboxylic acid groups (broad SMARTS) is 1. The molecule has 3 nitrogen and oxygen atoms in total. The first-order chi connectivity index (χ1) is 13.1. The van der Waals surface area contributed by atoms with Crippen LogP contribution in [0.5, 0.6) is 0 Å². The van der Waals surface area contributed by atoms with E-state index in [1.165, 1.54) is 17.2 Å². The second-order valence-corrected chi connectivity index (χ2v) is 7.26. The Bertz CT molecular complexity index is 1060. The number of halogens is 1. The van der Waals surface area contributed by atoms with Gasteiger partial charge in [-0.15, -0.1) is 0 Å². The summed E-state index contributed by atoms with van der Waals surface area (Å²) in [7, 11) is 0. The van der Waals surface area contributed by atoms with Crippen molar-refractivity contribution in [2.45, 2.75) is 18.4 Å². The summed E-state index contributed by atoms with van der Waals surface area (Å²) < 4.78 is 14.6. The fourth-order valence-corrected chi connectivity index (χ4v) is 4.80. The zero-order valence-electron chi connectivity index (χ0n) is 14.5. The third-order valence-electron chi connectivity index (χ3n) is 5.90. The molecular formula is C23H18FNO2. The van der Waals surface area contributed by atoms with E-state index in [9.17, 15) is 14.3 Å². The van der Waals surface area contributed by atoms with E-state index < -0.39 is 5.97 Å². The van der Waals surface area contributed by atoms with Crippen molar-refractivity contribution in [1.82, 2.24) is 0 Å². The van der Waals surface area contributed by atoms with E-state index >= 15 is 0 Å². The molecule has 4 heteroatoms. The molecule has 27 heavy (non-hydrogen) atoms. The van der Waals surface area contributed by atoms with Gasteiger partial charge in [-0.25, -0.2) is 9.18 Å². The van der Waals surface area contributed by atoms with Gasteiger partial charge in [-0.3, -0.25) is 0 Å². The van der Waals surface area contributed by atoms with Crippen molar-refractivity contribution in [3.05, 3.63) is 100 Å². The summed E-state index contributed by atoms with van der Waals surface area (Å²) in [6.45, 7) is 0. The Morgan fingerprint density at radius 1 is 0.926 bits per heavy atom. The molecule has 1 aliphatic heterocycles. The van der Waals surface area contributed by atoms with Gasteiger partial charge in [0.2, 0.25) is 0 Å². The number of benzene rings is 3. The van der Waals surface area contributed by atoms with E-state index in [-0.39, 0.29) is 29.3 Å². The zero-order valence-corrected chi connectivity index (χ0v) is 14.5. The van der Waals surface area contributed by atoms with E-state index in [1.807, 2.05) is 24.3 Å². The minimum atomic E-state index is -0.976. The van der Waals surface area contributed by atoms with E-state index in [0.29, 0.717) is 11.3 Å². The number of anilines is 1. The standard InChI is InChI=1S/C23H18FNO2/c24-19-11-4-3-8-15(19)21-18-12-13-6-1-2-7-14(13)20(18)16-9-5-10-17(23(26)27)22(16)25-21/h1-11,18,20-21,25H,12H2,(H,26,27)/t18-,20+,21-/m1/s1. The molecule has 3 aromatic carbocycles. The van der Waals surface area contributed by atoms with Crippen LogP contribution in [-0.4, -0.2) is 11.1 Å². The molecule has 134 valence electrons. The number of aromatic carboxylic acids is 1. The highest BCUT2D eigenvalue weighted by Gasteiger charge is 2.44. The number of hydrogen-bond acceptors (Lipinski definition) is 2. The molecule has 0 aromatic heterocycles. The first-order valence-electron chi connectivity index (χ1n) is 9.10. The second kappa shape index (κ2) is 5.95. The SMILES string of the molecule is O=C(O)c1cccc2c1N[C@H](c1ccccc1F)[C@@H]1Cc3ccccc3[C@@H]21. The molecule has 0 fully saturated rings. The predicted molar refractivity (Wildman–Crippen MR) is 102 cm³/mol. The lowest BCUT2D eigenvalue weighted by Gasteiger charge is -2.38. The van der Waals surface area contributed by atoms with Gasteiger partial charge in [0.25, 0.3) is 0 Å². The van der Waals surface area contributed by atoms with Crippen LogP contribution in [0.2, 0.25) is 0 Å².